The highest BCUT2D eigenvalue weighted by molar-refractivity contribution is 6.01. The number of carbonyl (C=O) groups excluding carboxylic acids is 2. The van der Waals surface area contributed by atoms with E-state index in [1.165, 1.54) is 0 Å². The van der Waals surface area contributed by atoms with Crippen molar-refractivity contribution in [2.45, 2.75) is 72.2 Å². The molecule has 0 aliphatic heterocycles. The van der Waals surface area contributed by atoms with Crippen molar-refractivity contribution in [2.24, 2.45) is 17.8 Å². The standard InChI is InChI=1S/C28H36N6O3/c1-16(2)34-23(13-14-29-34)27(36)31-26(25(20-5-6-20)21-7-8-21)28(37)30-22-11-9-19(10-12-22)24-17(3)32-33(15-35)18(24)4/h9-14,16,20-21,25-26,35H,5-8,15H2,1-4H3,(H,30,37)(H,31,36). The summed E-state index contributed by atoms with van der Waals surface area (Å²) in [5.74, 6) is 0.666. The van der Waals surface area contributed by atoms with Crippen molar-refractivity contribution < 1.29 is 14.7 Å². The van der Waals surface area contributed by atoms with E-state index < -0.39 is 6.04 Å². The molecular formula is C28H36N6O3. The first kappa shape index (κ1) is 25.2. The number of rotatable bonds is 10. The number of anilines is 1. The first-order valence-electron chi connectivity index (χ1n) is 13.2. The molecule has 2 heterocycles. The van der Waals surface area contributed by atoms with Gasteiger partial charge in [-0.1, -0.05) is 12.1 Å². The van der Waals surface area contributed by atoms with Crippen LogP contribution in [0.15, 0.2) is 36.5 Å². The first-order chi connectivity index (χ1) is 17.8. The van der Waals surface area contributed by atoms with E-state index in [1.54, 1.807) is 21.6 Å². The second kappa shape index (κ2) is 10.1. The first-order valence-corrected chi connectivity index (χ1v) is 13.2. The third kappa shape index (κ3) is 5.18. The number of hydrogen-bond donors (Lipinski definition) is 3. The van der Waals surface area contributed by atoms with Gasteiger partial charge in [-0.05, 0) is 94.9 Å². The molecule has 37 heavy (non-hydrogen) atoms. The Morgan fingerprint density at radius 2 is 1.70 bits per heavy atom. The van der Waals surface area contributed by atoms with Gasteiger partial charge < -0.3 is 15.7 Å². The second-order valence-electron chi connectivity index (χ2n) is 10.7. The fourth-order valence-electron chi connectivity index (χ4n) is 5.54. The molecule has 2 aromatic heterocycles. The highest BCUT2D eigenvalue weighted by Crippen LogP contribution is 2.51. The molecule has 196 valence electrons. The second-order valence-corrected chi connectivity index (χ2v) is 10.7. The lowest BCUT2D eigenvalue weighted by molar-refractivity contribution is -0.119. The van der Waals surface area contributed by atoms with Crippen molar-refractivity contribution in [3.05, 3.63) is 53.6 Å². The number of nitrogens with one attached hydrogen (secondary N) is 2. The molecule has 2 aliphatic rings. The quantitative estimate of drug-likeness (QED) is 0.385. The third-order valence-corrected chi connectivity index (χ3v) is 7.64. The number of hydrogen-bond acceptors (Lipinski definition) is 5. The maximum absolute atomic E-state index is 13.7. The zero-order valence-electron chi connectivity index (χ0n) is 21.9. The Kier molecular flexibility index (Phi) is 6.90. The fraction of sp³-hybridized carbons (Fsp3) is 0.500. The van der Waals surface area contributed by atoms with Crippen LogP contribution in [-0.4, -0.2) is 42.5 Å². The topological polar surface area (TPSA) is 114 Å². The molecule has 1 atom stereocenters. The molecule has 0 bridgehead atoms. The smallest absolute Gasteiger partial charge is 0.270 e. The molecule has 0 spiro atoms. The van der Waals surface area contributed by atoms with E-state index in [2.05, 4.69) is 20.8 Å². The van der Waals surface area contributed by atoms with Gasteiger partial charge in [0.2, 0.25) is 5.91 Å². The molecule has 9 heteroatoms. The number of amides is 2. The lowest BCUT2D eigenvalue weighted by Gasteiger charge is -2.28. The highest BCUT2D eigenvalue weighted by atomic mass is 16.3. The molecule has 3 N–H and O–H groups in total. The van der Waals surface area contributed by atoms with Gasteiger partial charge in [0.05, 0.1) is 5.69 Å². The van der Waals surface area contributed by atoms with E-state index in [1.807, 2.05) is 52.0 Å². The number of aliphatic hydroxyl groups excluding tert-OH is 1. The molecule has 9 nitrogen and oxygen atoms in total. The lowest BCUT2D eigenvalue weighted by atomic mass is 9.88. The van der Waals surface area contributed by atoms with Crippen LogP contribution in [0.2, 0.25) is 0 Å². The predicted octanol–water partition coefficient (Wildman–Crippen LogP) is 4.07. The summed E-state index contributed by atoms with van der Waals surface area (Å²) < 4.78 is 3.25. The highest BCUT2D eigenvalue weighted by Gasteiger charge is 2.48. The summed E-state index contributed by atoms with van der Waals surface area (Å²) >= 11 is 0. The fourth-order valence-corrected chi connectivity index (χ4v) is 5.54. The minimum Gasteiger partial charge on any atom is -0.374 e. The zero-order chi connectivity index (χ0) is 26.3. The SMILES string of the molecule is Cc1nn(CO)c(C)c1-c1ccc(NC(=O)C(NC(=O)c2ccnn2C(C)C)C(C2CC2)C2CC2)cc1. The van der Waals surface area contributed by atoms with E-state index in [0.717, 1.165) is 48.2 Å². The molecule has 2 amide bonds. The summed E-state index contributed by atoms with van der Waals surface area (Å²) in [5.41, 5.74) is 4.81. The third-order valence-electron chi connectivity index (χ3n) is 7.64. The van der Waals surface area contributed by atoms with Gasteiger partial charge in [-0.15, -0.1) is 0 Å². The van der Waals surface area contributed by atoms with Crippen LogP contribution >= 0.6 is 0 Å². The van der Waals surface area contributed by atoms with E-state index in [9.17, 15) is 14.7 Å². The Labute approximate surface area is 217 Å². The van der Waals surface area contributed by atoms with Crippen LogP contribution in [0, 0.1) is 31.6 Å². The van der Waals surface area contributed by atoms with Crippen LogP contribution in [0.25, 0.3) is 11.1 Å². The summed E-state index contributed by atoms with van der Waals surface area (Å²) in [5, 5.41) is 24.3. The Morgan fingerprint density at radius 1 is 1.05 bits per heavy atom. The van der Waals surface area contributed by atoms with Gasteiger partial charge in [0.1, 0.15) is 18.5 Å². The molecule has 1 aromatic carbocycles. The maximum atomic E-state index is 13.7. The summed E-state index contributed by atoms with van der Waals surface area (Å²) in [6.45, 7) is 7.63. The van der Waals surface area contributed by atoms with Crippen molar-refractivity contribution in [1.29, 1.82) is 0 Å². The molecule has 2 aliphatic carbocycles. The summed E-state index contributed by atoms with van der Waals surface area (Å²) in [6.07, 6.45) is 6.07. The largest absolute Gasteiger partial charge is 0.374 e. The Hall–Kier alpha value is -3.46. The van der Waals surface area contributed by atoms with Gasteiger partial charge in [-0.3, -0.25) is 14.3 Å². The molecule has 1 unspecified atom stereocenters. The average molecular weight is 505 g/mol. The van der Waals surface area contributed by atoms with Gasteiger partial charge in [0.15, 0.2) is 0 Å². The molecule has 5 rings (SSSR count). The number of aryl methyl sites for hydroxylation is 1. The average Bonchev–Trinajstić information content (AvgIpc) is 3.81. The van der Waals surface area contributed by atoms with E-state index in [4.69, 9.17) is 0 Å². The number of benzene rings is 1. The molecular weight excluding hydrogens is 468 g/mol. The Morgan fingerprint density at radius 3 is 2.24 bits per heavy atom. The molecule has 2 fully saturated rings. The van der Waals surface area contributed by atoms with Crippen LogP contribution in [0.5, 0.6) is 0 Å². The van der Waals surface area contributed by atoms with Crippen LogP contribution in [-0.2, 0) is 11.5 Å². The number of aliphatic hydroxyl groups is 1. The van der Waals surface area contributed by atoms with Gasteiger partial charge in [-0.2, -0.15) is 10.2 Å². The normalized spacial score (nSPS) is 16.3. The van der Waals surface area contributed by atoms with Crippen molar-refractivity contribution >= 4 is 17.5 Å². The molecule has 0 radical (unpaired) electrons. The number of aromatic nitrogens is 4. The van der Waals surface area contributed by atoms with Crippen molar-refractivity contribution in [1.82, 2.24) is 24.9 Å². The van der Waals surface area contributed by atoms with Gasteiger partial charge in [0, 0.05) is 29.2 Å². The molecule has 0 saturated heterocycles. The summed E-state index contributed by atoms with van der Waals surface area (Å²) in [4.78, 5) is 27.0. The monoisotopic (exact) mass is 504 g/mol. The van der Waals surface area contributed by atoms with Crippen molar-refractivity contribution in [2.75, 3.05) is 5.32 Å². The van der Waals surface area contributed by atoms with Gasteiger partial charge in [0.25, 0.3) is 5.91 Å². The summed E-state index contributed by atoms with van der Waals surface area (Å²) in [7, 11) is 0. The van der Waals surface area contributed by atoms with E-state index in [-0.39, 0.29) is 30.5 Å². The number of carbonyl (C=O) groups is 2. The van der Waals surface area contributed by atoms with Crippen molar-refractivity contribution in [3.8, 4) is 11.1 Å². The van der Waals surface area contributed by atoms with Gasteiger partial charge >= 0.3 is 0 Å². The number of nitrogens with zero attached hydrogens (tertiary/aromatic N) is 4. The Bertz CT molecular complexity index is 1270. The summed E-state index contributed by atoms with van der Waals surface area (Å²) in [6, 6.07) is 8.78. The zero-order valence-corrected chi connectivity index (χ0v) is 21.9. The Balaban J connectivity index is 1.36. The van der Waals surface area contributed by atoms with Crippen LogP contribution in [0.4, 0.5) is 5.69 Å². The van der Waals surface area contributed by atoms with Crippen molar-refractivity contribution in [3.63, 3.8) is 0 Å². The van der Waals surface area contributed by atoms with Crippen LogP contribution in [0.3, 0.4) is 0 Å². The van der Waals surface area contributed by atoms with E-state index in [0.29, 0.717) is 23.2 Å². The minimum absolute atomic E-state index is 0.0426. The van der Waals surface area contributed by atoms with E-state index >= 15 is 0 Å². The maximum Gasteiger partial charge on any atom is 0.270 e. The van der Waals surface area contributed by atoms with Crippen LogP contribution < -0.4 is 10.6 Å². The molecule has 2 saturated carbocycles. The molecule has 3 aromatic rings. The minimum atomic E-state index is -0.602. The lowest BCUT2D eigenvalue weighted by Crippen LogP contribution is -2.50. The van der Waals surface area contributed by atoms with Gasteiger partial charge in [-0.25, -0.2) is 4.68 Å². The predicted molar refractivity (Wildman–Crippen MR) is 141 cm³/mol. The van der Waals surface area contributed by atoms with Crippen LogP contribution in [0.1, 0.15) is 67.4 Å².